The summed E-state index contributed by atoms with van der Waals surface area (Å²) in [6.45, 7) is 1.28. The van der Waals surface area contributed by atoms with Crippen LogP contribution in [0, 0.1) is 3.57 Å². The van der Waals surface area contributed by atoms with Crippen molar-refractivity contribution < 1.29 is 4.79 Å². The van der Waals surface area contributed by atoms with Gasteiger partial charge in [-0.05, 0) is 40.8 Å². The van der Waals surface area contributed by atoms with E-state index in [4.69, 9.17) is 17.3 Å². The fraction of sp³-hybridized carbons (Fsp3) is 0.300. The first-order chi connectivity index (χ1) is 7.08. The fourth-order valence-corrected chi connectivity index (χ4v) is 2.01. The number of amides is 1. The topological polar surface area (TPSA) is 46.3 Å². The minimum absolute atomic E-state index is 0.00926. The minimum Gasteiger partial charge on any atom is -0.335 e. The Hall–Kier alpha value is -0.330. The van der Waals surface area contributed by atoms with Gasteiger partial charge in [-0.15, -0.1) is 0 Å². The third-order valence-electron chi connectivity index (χ3n) is 2.36. The van der Waals surface area contributed by atoms with Crippen LogP contribution in [0.25, 0.3) is 0 Å². The maximum absolute atomic E-state index is 11.8. The summed E-state index contributed by atoms with van der Waals surface area (Å²) < 4.78 is 0.950. The number of halogens is 2. The van der Waals surface area contributed by atoms with Crippen molar-refractivity contribution in [3.8, 4) is 0 Å². The van der Waals surface area contributed by atoms with Gasteiger partial charge in [0.25, 0.3) is 5.91 Å². The number of rotatable bonds is 1. The molecule has 1 saturated heterocycles. The van der Waals surface area contributed by atoms with E-state index in [9.17, 15) is 4.79 Å². The molecule has 15 heavy (non-hydrogen) atoms. The molecular formula is C10H10ClIN2O. The molecule has 1 heterocycles. The van der Waals surface area contributed by atoms with Crippen molar-refractivity contribution in [2.75, 3.05) is 13.1 Å². The Morgan fingerprint density at radius 1 is 1.53 bits per heavy atom. The highest BCUT2D eigenvalue weighted by Crippen LogP contribution is 2.21. The van der Waals surface area contributed by atoms with Crippen molar-refractivity contribution in [2.45, 2.75) is 6.04 Å². The lowest BCUT2D eigenvalue weighted by atomic mass is 10.1. The van der Waals surface area contributed by atoms with E-state index in [0.29, 0.717) is 23.7 Å². The van der Waals surface area contributed by atoms with Crippen LogP contribution in [0.1, 0.15) is 10.4 Å². The standard InChI is InChI=1S/C10H10ClIN2O/c11-8-3-6(1-2-9(8)12)10(15)14-4-7(13)5-14/h1-3,7H,4-5,13H2. The van der Waals surface area contributed by atoms with Gasteiger partial charge in [-0.1, -0.05) is 11.6 Å². The molecule has 1 aliphatic heterocycles. The first-order valence-electron chi connectivity index (χ1n) is 4.58. The highest BCUT2D eigenvalue weighted by atomic mass is 127. The van der Waals surface area contributed by atoms with Crippen LogP contribution in [0.3, 0.4) is 0 Å². The van der Waals surface area contributed by atoms with Crippen molar-refractivity contribution in [3.05, 3.63) is 32.4 Å². The van der Waals surface area contributed by atoms with Crippen LogP contribution in [0.2, 0.25) is 5.02 Å². The normalized spacial score (nSPS) is 16.3. The van der Waals surface area contributed by atoms with E-state index in [-0.39, 0.29) is 11.9 Å². The first-order valence-corrected chi connectivity index (χ1v) is 6.03. The molecule has 2 rings (SSSR count). The van der Waals surface area contributed by atoms with Gasteiger partial charge in [0.05, 0.1) is 5.02 Å². The molecule has 0 bridgehead atoms. The third-order valence-corrected chi connectivity index (χ3v) is 3.94. The summed E-state index contributed by atoms with van der Waals surface area (Å²) >= 11 is 8.08. The predicted octanol–water partition coefficient (Wildman–Crippen LogP) is 1.73. The van der Waals surface area contributed by atoms with E-state index in [2.05, 4.69) is 22.6 Å². The summed E-state index contributed by atoms with van der Waals surface area (Å²) in [6.07, 6.45) is 0. The Morgan fingerprint density at radius 2 is 2.20 bits per heavy atom. The van der Waals surface area contributed by atoms with Crippen LogP contribution in [0.15, 0.2) is 18.2 Å². The maximum atomic E-state index is 11.8. The molecule has 0 spiro atoms. The highest BCUT2D eigenvalue weighted by Gasteiger charge is 2.28. The molecule has 0 atom stereocenters. The van der Waals surface area contributed by atoms with Gasteiger partial charge in [0.1, 0.15) is 0 Å². The first kappa shape index (κ1) is 11.2. The largest absolute Gasteiger partial charge is 0.335 e. The van der Waals surface area contributed by atoms with E-state index in [1.54, 1.807) is 17.0 Å². The summed E-state index contributed by atoms with van der Waals surface area (Å²) in [5.41, 5.74) is 6.25. The predicted molar refractivity (Wildman–Crippen MR) is 68.0 cm³/mol. The third kappa shape index (κ3) is 2.26. The van der Waals surface area contributed by atoms with E-state index in [0.717, 1.165) is 3.57 Å². The molecule has 80 valence electrons. The zero-order chi connectivity index (χ0) is 11.0. The van der Waals surface area contributed by atoms with Crippen LogP contribution in [0.4, 0.5) is 0 Å². The molecule has 0 radical (unpaired) electrons. The van der Waals surface area contributed by atoms with Crippen molar-refractivity contribution in [2.24, 2.45) is 5.73 Å². The van der Waals surface area contributed by atoms with Crippen molar-refractivity contribution in [1.82, 2.24) is 4.90 Å². The van der Waals surface area contributed by atoms with Gasteiger partial charge in [0.2, 0.25) is 0 Å². The van der Waals surface area contributed by atoms with Crippen LogP contribution in [-0.2, 0) is 0 Å². The number of benzene rings is 1. The second-order valence-corrected chi connectivity index (χ2v) is 5.17. The van der Waals surface area contributed by atoms with Crippen molar-refractivity contribution in [1.29, 1.82) is 0 Å². The molecule has 1 aliphatic rings. The maximum Gasteiger partial charge on any atom is 0.254 e. The minimum atomic E-state index is 0.00926. The number of likely N-dealkylation sites (tertiary alicyclic amines) is 1. The Labute approximate surface area is 107 Å². The van der Waals surface area contributed by atoms with Gasteiger partial charge in [-0.3, -0.25) is 4.79 Å². The molecule has 0 unspecified atom stereocenters. The Morgan fingerprint density at radius 3 is 2.73 bits per heavy atom. The van der Waals surface area contributed by atoms with Crippen LogP contribution < -0.4 is 5.73 Å². The number of nitrogens with zero attached hydrogens (tertiary/aromatic N) is 1. The van der Waals surface area contributed by atoms with Crippen molar-refractivity contribution >= 4 is 40.1 Å². The molecule has 0 aliphatic carbocycles. The lowest BCUT2D eigenvalue weighted by Crippen LogP contribution is -2.57. The zero-order valence-electron chi connectivity index (χ0n) is 7.91. The van der Waals surface area contributed by atoms with Gasteiger partial charge in [-0.2, -0.15) is 0 Å². The summed E-state index contributed by atoms with van der Waals surface area (Å²) in [5.74, 6) is 0.00926. The number of nitrogens with two attached hydrogens (primary N) is 1. The number of hydrogen-bond donors (Lipinski definition) is 1. The lowest BCUT2D eigenvalue weighted by molar-refractivity contribution is 0.0608. The number of carbonyl (C=O) groups excluding carboxylic acids is 1. The van der Waals surface area contributed by atoms with E-state index < -0.39 is 0 Å². The van der Waals surface area contributed by atoms with Crippen LogP contribution >= 0.6 is 34.2 Å². The summed E-state index contributed by atoms with van der Waals surface area (Å²) in [6, 6.07) is 5.47. The Balaban J connectivity index is 2.16. The summed E-state index contributed by atoms with van der Waals surface area (Å²) in [4.78, 5) is 13.6. The average Bonchev–Trinajstić information content (AvgIpc) is 2.16. The second kappa shape index (κ2) is 4.27. The lowest BCUT2D eigenvalue weighted by Gasteiger charge is -2.36. The zero-order valence-corrected chi connectivity index (χ0v) is 10.8. The molecule has 3 nitrogen and oxygen atoms in total. The SMILES string of the molecule is NC1CN(C(=O)c2ccc(I)c(Cl)c2)C1. The van der Waals surface area contributed by atoms with E-state index in [1.165, 1.54) is 0 Å². The molecule has 5 heteroatoms. The fourth-order valence-electron chi connectivity index (χ4n) is 1.49. The number of hydrogen-bond acceptors (Lipinski definition) is 2. The van der Waals surface area contributed by atoms with E-state index >= 15 is 0 Å². The molecule has 1 fully saturated rings. The molecule has 0 saturated carbocycles. The average molecular weight is 337 g/mol. The van der Waals surface area contributed by atoms with E-state index in [1.807, 2.05) is 6.07 Å². The smallest absolute Gasteiger partial charge is 0.254 e. The van der Waals surface area contributed by atoms with Gasteiger partial charge >= 0.3 is 0 Å². The molecule has 0 aromatic heterocycles. The number of carbonyl (C=O) groups is 1. The van der Waals surface area contributed by atoms with Gasteiger partial charge in [0.15, 0.2) is 0 Å². The van der Waals surface area contributed by atoms with Gasteiger partial charge in [-0.25, -0.2) is 0 Å². The molecule has 1 amide bonds. The quantitative estimate of drug-likeness (QED) is 0.794. The Bertz CT molecular complexity index is 404. The van der Waals surface area contributed by atoms with Crippen molar-refractivity contribution in [3.63, 3.8) is 0 Å². The van der Waals surface area contributed by atoms with Crippen LogP contribution in [-0.4, -0.2) is 29.9 Å². The molecule has 1 aromatic carbocycles. The molecule has 2 N–H and O–H groups in total. The molecule has 1 aromatic rings. The second-order valence-electron chi connectivity index (χ2n) is 3.60. The summed E-state index contributed by atoms with van der Waals surface area (Å²) in [5, 5.41) is 0.617. The Kier molecular flexibility index (Phi) is 3.18. The van der Waals surface area contributed by atoms with Gasteiger partial charge < -0.3 is 10.6 Å². The van der Waals surface area contributed by atoms with Crippen LogP contribution in [0.5, 0.6) is 0 Å². The summed E-state index contributed by atoms with van der Waals surface area (Å²) in [7, 11) is 0. The van der Waals surface area contributed by atoms with Gasteiger partial charge in [0, 0.05) is 28.3 Å². The highest BCUT2D eigenvalue weighted by molar-refractivity contribution is 14.1. The monoisotopic (exact) mass is 336 g/mol. The molecular weight excluding hydrogens is 326 g/mol.